The van der Waals surface area contributed by atoms with Crippen LogP contribution in [0.25, 0.3) is 0 Å². The van der Waals surface area contributed by atoms with Crippen molar-refractivity contribution >= 4 is 5.82 Å². The molecule has 1 aromatic rings. The molecule has 104 valence electrons. The lowest BCUT2D eigenvalue weighted by molar-refractivity contribution is 0.191. The van der Waals surface area contributed by atoms with Gasteiger partial charge in [0.05, 0.1) is 12.2 Å². The van der Waals surface area contributed by atoms with E-state index >= 15 is 0 Å². The van der Waals surface area contributed by atoms with Crippen molar-refractivity contribution in [3.63, 3.8) is 0 Å². The molecule has 4 nitrogen and oxygen atoms in total. The number of nitrogens with zero attached hydrogens (tertiary/aromatic N) is 2. The minimum absolute atomic E-state index is 0.581. The van der Waals surface area contributed by atoms with E-state index in [-0.39, 0.29) is 0 Å². The SMILES string of the molecule is CNc1nc(C)nc(OCC2CC=CCC2C)c1C. The van der Waals surface area contributed by atoms with E-state index in [4.69, 9.17) is 4.74 Å². The van der Waals surface area contributed by atoms with Crippen LogP contribution in [0.1, 0.15) is 31.2 Å². The lowest BCUT2D eigenvalue weighted by atomic mass is 9.85. The summed E-state index contributed by atoms with van der Waals surface area (Å²) in [6.07, 6.45) is 6.77. The average molecular weight is 261 g/mol. The van der Waals surface area contributed by atoms with Crippen molar-refractivity contribution in [2.24, 2.45) is 11.8 Å². The Morgan fingerprint density at radius 1 is 1.26 bits per heavy atom. The van der Waals surface area contributed by atoms with Gasteiger partial charge in [-0.15, -0.1) is 0 Å². The van der Waals surface area contributed by atoms with Crippen LogP contribution in [0.3, 0.4) is 0 Å². The monoisotopic (exact) mass is 261 g/mol. The van der Waals surface area contributed by atoms with Crippen LogP contribution in [0.2, 0.25) is 0 Å². The number of aryl methyl sites for hydroxylation is 1. The first kappa shape index (κ1) is 13.8. The maximum atomic E-state index is 5.94. The fraction of sp³-hybridized carbons (Fsp3) is 0.600. The second kappa shape index (κ2) is 6.04. The van der Waals surface area contributed by atoms with Crippen LogP contribution >= 0.6 is 0 Å². The first-order valence-corrected chi connectivity index (χ1v) is 6.92. The molecule has 0 bridgehead atoms. The highest BCUT2D eigenvalue weighted by molar-refractivity contribution is 5.47. The molecule has 0 aliphatic heterocycles. The Morgan fingerprint density at radius 3 is 2.68 bits per heavy atom. The Balaban J connectivity index is 2.07. The summed E-state index contributed by atoms with van der Waals surface area (Å²) < 4.78 is 5.94. The predicted molar refractivity (Wildman–Crippen MR) is 77.6 cm³/mol. The maximum Gasteiger partial charge on any atom is 0.221 e. The molecule has 0 saturated heterocycles. The number of hydrogen-bond donors (Lipinski definition) is 1. The van der Waals surface area contributed by atoms with Gasteiger partial charge in [0.15, 0.2) is 0 Å². The zero-order valence-corrected chi connectivity index (χ0v) is 12.2. The molecule has 2 unspecified atom stereocenters. The minimum Gasteiger partial charge on any atom is -0.477 e. The molecule has 0 spiro atoms. The number of anilines is 1. The normalized spacial score (nSPS) is 22.3. The molecular weight excluding hydrogens is 238 g/mol. The van der Waals surface area contributed by atoms with Crippen LogP contribution in [0.5, 0.6) is 5.88 Å². The molecule has 4 heteroatoms. The number of hydrogen-bond acceptors (Lipinski definition) is 4. The van der Waals surface area contributed by atoms with Crippen LogP contribution in [-0.4, -0.2) is 23.6 Å². The topological polar surface area (TPSA) is 47.0 Å². The summed E-state index contributed by atoms with van der Waals surface area (Å²) in [4.78, 5) is 8.75. The molecular formula is C15H23N3O. The van der Waals surface area contributed by atoms with Gasteiger partial charge in [-0.3, -0.25) is 0 Å². The van der Waals surface area contributed by atoms with Crippen LogP contribution in [-0.2, 0) is 0 Å². The summed E-state index contributed by atoms with van der Waals surface area (Å²) >= 11 is 0. The van der Waals surface area contributed by atoms with Crippen LogP contribution in [0.4, 0.5) is 5.82 Å². The van der Waals surface area contributed by atoms with Crippen molar-refractivity contribution in [1.82, 2.24) is 9.97 Å². The Morgan fingerprint density at radius 2 is 2.00 bits per heavy atom. The largest absolute Gasteiger partial charge is 0.477 e. The quantitative estimate of drug-likeness (QED) is 0.846. The molecule has 0 amide bonds. The molecule has 1 aromatic heterocycles. The fourth-order valence-electron chi connectivity index (χ4n) is 2.41. The molecule has 1 aliphatic carbocycles. The Kier molecular flexibility index (Phi) is 4.40. The van der Waals surface area contributed by atoms with Gasteiger partial charge < -0.3 is 10.1 Å². The van der Waals surface area contributed by atoms with Crippen LogP contribution in [0, 0.1) is 25.7 Å². The smallest absolute Gasteiger partial charge is 0.221 e. The van der Waals surface area contributed by atoms with E-state index in [2.05, 4.69) is 34.4 Å². The van der Waals surface area contributed by atoms with Gasteiger partial charge in [0.1, 0.15) is 11.6 Å². The molecule has 0 fully saturated rings. The van der Waals surface area contributed by atoms with Gasteiger partial charge in [-0.1, -0.05) is 19.1 Å². The highest BCUT2D eigenvalue weighted by Gasteiger charge is 2.20. The standard InChI is InChI=1S/C15H23N3O/c1-10-7-5-6-8-13(10)9-19-15-11(2)14(16-4)17-12(3)18-15/h5-6,10,13H,7-9H2,1-4H3,(H,16,17,18). The number of nitrogens with one attached hydrogen (secondary N) is 1. The van der Waals surface area contributed by atoms with Crippen LogP contribution in [0.15, 0.2) is 12.2 Å². The van der Waals surface area contributed by atoms with Gasteiger partial charge in [-0.05, 0) is 38.5 Å². The number of allylic oxidation sites excluding steroid dienone is 2. The van der Waals surface area contributed by atoms with Gasteiger partial charge in [0.2, 0.25) is 5.88 Å². The third kappa shape index (κ3) is 3.25. The molecule has 19 heavy (non-hydrogen) atoms. The molecule has 1 N–H and O–H groups in total. The average Bonchev–Trinajstić information content (AvgIpc) is 2.41. The summed E-state index contributed by atoms with van der Waals surface area (Å²) in [5.41, 5.74) is 0.979. The molecule has 2 rings (SSSR count). The number of rotatable bonds is 4. The van der Waals surface area contributed by atoms with E-state index in [1.165, 1.54) is 0 Å². The van der Waals surface area contributed by atoms with E-state index in [0.717, 1.165) is 36.7 Å². The molecule has 2 atom stereocenters. The first-order chi connectivity index (χ1) is 9.11. The molecule has 0 saturated carbocycles. The summed E-state index contributed by atoms with van der Waals surface area (Å²) in [7, 11) is 1.87. The van der Waals surface area contributed by atoms with E-state index < -0.39 is 0 Å². The molecule has 1 heterocycles. The Hall–Kier alpha value is -1.58. The Labute approximate surface area is 115 Å². The number of ether oxygens (including phenoxy) is 1. The van der Waals surface area contributed by atoms with Crippen molar-refractivity contribution in [3.8, 4) is 5.88 Å². The summed E-state index contributed by atoms with van der Waals surface area (Å²) in [6, 6.07) is 0. The lowest BCUT2D eigenvalue weighted by Crippen LogP contribution is -2.22. The fourth-order valence-corrected chi connectivity index (χ4v) is 2.41. The zero-order chi connectivity index (χ0) is 13.8. The van der Waals surface area contributed by atoms with Gasteiger partial charge in [-0.25, -0.2) is 4.98 Å². The molecule has 1 aliphatic rings. The van der Waals surface area contributed by atoms with E-state index in [0.29, 0.717) is 17.7 Å². The van der Waals surface area contributed by atoms with Crippen molar-refractivity contribution in [1.29, 1.82) is 0 Å². The summed E-state index contributed by atoms with van der Waals surface area (Å²) in [6.45, 7) is 6.89. The van der Waals surface area contributed by atoms with Crippen molar-refractivity contribution in [3.05, 3.63) is 23.5 Å². The third-order valence-corrected chi connectivity index (χ3v) is 3.80. The van der Waals surface area contributed by atoms with Crippen molar-refractivity contribution in [2.75, 3.05) is 19.0 Å². The maximum absolute atomic E-state index is 5.94. The Bertz CT molecular complexity index is 471. The van der Waals surface area contributed by atoms with Gasteiger partial charge in [0, 0.05) is 7.05 Å². The van der Waals surface area contributed by atoms with Crippen molar-refractivity contribution < 1.29 is 4.74 Å². The van der Waals surface area contributed by atoms with E-state index in [9.17, 15) is 0 Å². The van der Waals surface area contributed by atoms with E-state index in [1.54, 1.807) is 0 Å². The van der Waals surface area contributed by atoms with Crippen molar-refractivity contribution in [2.45, 2.75) is 33.6 Å². The van der Waals surface area contributed by atoms with Gasteiger partial charge >= 0.3 is 0 Å². The third-order valence-electron chi connectivity index (χ3n) is 3.80. The van der Waals surface area contributed by atoms with Crippen LogP contribution < -0.4 is 10.1 Å². The van der Waals surface area contributed by atoms with Gasteiger partial charge in [-0.2, -0.15) is 4.98 Å². The summed E-state index contributed by atoms with van der Waals surface area (Å²) in [5.74, 6) is 3.55. The lowest BCUT2D eigenvalue weighted by Gasteiger charge is -2.25. The molecule has 0 radical (unpaired) electrons. The highest BCUT2D eigenvalue weighted by Crippen LogP contribution is 2.27. The zero-order valence-electron chi connectivity index (χ0n) is 12.2. The predicted octanol–water partition coefficient (Wildman–Crippen LogP) is 3.12. The van der Waals surface area contributed by atoms with E-state index in [1.807, 2.05) is 20.9 Å². The first-order valence-electron chi connectivity index (χ1n) is 6.92. The second-order valence-corrected chi connectivity index (χ2v) is 5.29. The highest BCUT2D eigenvalue weighted by atomic mass is 16.5. The number of aromatic nitrogens is 2. The summed E-state index contributed by atoms with van der Waals surface area (Å²) in [5, 5.41) is 3.08. The van der Waals surface area contributed by atoms with Gasteiger partial charge in [0.25, 0.3) is 0 Å². The second-order valence-electron chi connectivity index (χ2n) is 5.29. The minimum atomic E-state index is 0.581. The molecule has 0 aromatic carbocycles.